The molecule has 2 aromatic rings. The van der Waals surface area contributed by atoms with Gasteiger partial charge < -0.3 is 25.0 Å². The van der Waals surface area contributed by atoms with Gasteiger partial charge in [0.2, 0.25) is 11.8 Å². The molecule has 2 unspecified atom stereocenters. The van der Waals surface area contributed by atoms with Gasteiger partial charge in [0, 0.05) is 48.8 Å². The minimum atomic E-state index is -0.818. The van der Waals surface area contributed by atoms with Crippen molar-refractivity contribution in [2.75, 3.05) is 27.7 Å². The number of hydrogen-bond donors (Lipinski definition) is 2. The number of rotatable bonds is 17. The fraction of sp³-hybridized carbons (Fsp3) is 0.718. The number of hydrogen-bond acceptors (Lipinski definition) is 12. The van der Waals surface area contributed by atoms with Gasteiger partial charge in [0.1, 0.15) is 16.7 Å². The number of likely N-dealkylation sites (N-methyl/N-ethyl adjacent to an activating group) is 2. The Bertz CT molecular complexity index is 1680. The summed E-state index contributed by atoms with van der Waals surface area (Å²) in [4.78, 5) is 79.7. The molecular weight excluding hydrogens is 729 g/mol. The van der Waals surface area contributed by atoms with E-state index in [9.17, 15) is 24.0 Å². The van der Waals surface area contributed by atoms with E-state index in [1.54, 1.807) is 24.3 Å². The maximum absolute atomic E-state index is 14.4. The molecule has 298 valence electrons. The Morgan fingerprint density at radius 3 is 2.37 bits per heavy atom. The molecule has 1 saturated heterocycles. The molecule has 54 heavy (non-hydrogen) atoms. The number of carbonyl (C=O) groups is 5. The van der Waals surface area contributed by atoms with Crippen LogP contribution in [-0.4, -0.2) is 101 Å². The van der Waals surface area contributed by atoms with E-state index in [-0.39, 0.29) is 59.7 Å². The third-order valence-corrected chi connectivity index (χ3v) is 13.6. The van der Waals surface area contributed by atoms with Crippen molar-refractivity contribution in [3.05, 3.63) is 32.2 Å². The van der Waals surface area contributed by atoms with Gasteiger partial charge in [0.25, 0.3) is 5.91 Å². The summed E-state index contributed by atoms with van der Waals surface area (Å²) in [7, 11) is 5.08. The van der Waals surface area contributed by atoms with Crippen molar-refractivity contribution in [1.82, 2.24) is 30.4 Å². The van der Waals surface area contributed by atoms with Crippen molar-refractivity contribution in [1.29, 1.82) is 0 Å². The molecule has 1 aliphatic heterocycles. The molecule has 0 spiro atoms. The van der Waals surface area contributed by atoms with Gasteiger partial charge in [-0.1, -0.05) is 34.1 Å². The number of methoxy groups -OCH3 is 1. The third-order valence-electron chi connectivity index (χ3n) is 11.6. The van der Waals surface area contributed by atoms with E-state index in [0.717, 1.165) is 49.4 Å². The highest BCUT2D eigenvalue weighted by Gasteiger charge is 2.58. The van der Waals surface area contributed by atoms with Gasteiger partial charge in [0.15, 0.2) is 6.10 Å². The lowest BCUT2D eigenvalue weighted by Crippen LogP contribution is -2.58. The zero-order valence-corrected chi connectivity index (χ0v) is 34.8. The lowest BCUT2D eigenvalue weighted by Gasteiger charge is -2.38. The van der Waals surface area contributed by atoms with Gasteiger partial charge in [-0.3, -0.25) is 28.9 Å². The quantitative estimate of drug-likeness (QED) is 0.203. The van der Waals surface area contributed by atoms with Crippen LogP contribution in [0.15, 0.2) is 10.8 Å². The number of esters is 2. The van der Waals surface area contributed by atoms with Crippen LogP contribution in [0.2, 0.25) is 0 Å². The predicted octanol–water partition coefficient (Wildman–Crippen LogP) is 5.26. The second kappa shape index (κ2) is 17.6. The first-order chi connectivity index (χ1) is 25.5. The molecule has 2 N–H and O–H groups in total. The van der Waals surface area contributed by atoms with Crippen LogP contribution in [0.4, 0.5) is 0 Å². The number of piperidine rings is 1. The summed E-state index contributed by atoms with van der Waals surface area (Å²) in [6, 6.07) is -1.31. The van der Waals surface area contributed by atoms with E-state index in [1.807, 2.05) is 33.2 Å². The van der Waals surface area contributed by atoms with Crippen LogP contribution in [0.5, 0.6) is 0 Å². The molecule has 3 amide bonds. The standard InChI is InChI=1S/C39H58N6O7S2/c1-21(2)30(45(8)37(49)32(24(5)26-13-14-26)42-34(48)29-12-10-11-15-44(29)7)16-31(52-25(6)46)36-41-28(20-54-36)33(47)43-39(17-22(3)38(50)51-9)18-27(39)35-40-23(4)19-53-35/h19-22,24,26-27,29-32H,10-18H2,1-9H3,(H,42,48)(H,43,47)/t22-,24-,27?,29+,30+,31+,32-,39?/m0/s1. The fourth-order valence-electron chi connectivity index (χ4n) is 8.08. The summed E-state index contributed by atoms with van der Waals surface area (Å²) in [5.74, 6) is -1.68. The van der Waals surface area contributed by atoms with Crippen LogP contribution in [0, 0.1) is 30.6 Å². The Labute approximate surface area is 327 Å². The van der Waals surface area contributed by atoms with E-state index in [2.05, 4.69) is 32.4 Å². The lowest BCUT2D eigenvalue weighted by atomic mass is 9.91. The Morgan fingerprint density at radius 2 is 1.78 bits per heavy atom. The molecule has 5 rings (SSSR count). The monoisotopic (exact) mass is 786 g/mol. The van der Waals surface area contributed by atoms with E-state index in [0.29, 0.717) is 23.8 Å². The lowest BCUT2D eigenvalue weighted by molar-refractivity contribution is -0.149. The molecule has 0 radical (unpaired) electrons. The molecule has 13 nitrogen and oxygen atoms in total. The van der Waals surface area contributed by atoms with Crippen LogP contribution >= 0.6 is 22.7 Å². The first-order valence-corrected chi connectivity index (χ1v) is 21.0. The average Bonchev–Trinajstić information content (AvgIpc) is 3.99. The normalized spacial score (nSPS) is 24.1. The first kappa shape index (κ1) is 41.7. The van der Waals surface area contributed by atoms with Crippen molar-refractivity contribution in [3.63, 3.8) is 0 Å². The third kappa shape index (κ3) is 9.86. The van der Waals surface area contributed by atoms with E-state index in [1.165, 1.54) is 36.7 Å². The van der Waals surface area contributed by atoms with Gasteiger partial charge in [-0.2, -0.15) is 0 Å². The maximum atomic E-state index is 14.4. The molecule has 2 aromatic heterocycles. The van der Waals surface area contributed by atoms with Gasteiger partial charge in [0.05, 0.1) is 29.6 Å². The van der Waals surface area contributed by atoms with E-state index in [4.69, 9.17) is 9.47 Å². The molecule has 3 heterocycles. The average molecular weight is 787 g/mol. The topological polar surface area (TPSA) is 160 Å². The molecule has 3 aliphatic rings. The summed E-state index contributed by atoms with van der Waals surface area (Å²) in [6.45, 7) is 12.0. The molecule has 2 aliphatic carbocycles. The first-order valence-electron chi connectivity index (χ1n) is 19.3. The number of amides is 3. The number of carbonyl (C=O) groups excluding carboxylic acids is 5. The minimum absolute atomic E-state index is 0.0282. The predicted molar refractivity (Wildman–Crippen MR) is 207 cm³/mol. The van der Waals surface area contributed by atoms with Crippen LogP contribution in [0.25, 0.3) is 0 Å². The molecule has 15 heteroatoms. The van der Waals surface area contributed by atoms with Crippen molar-refractivity contribution >= 4 is 52.3 Å². The molecule has 2 saturated carbocycles. The molecule has 0 bridgehead atoms. The summed E-state index contributed by atoms with van der Waals surface area (Å²) in [5, 5.41) is 11.3. The van der Waals surface area contributed by atoms with Crippen LogP contribution in [0.3, 0.4) is 0 Å². The van der Waals surface area contributed by atoms with Gasteiger partial charge in [-0.05, 0) is 76.8 Å². The van der Waals surface area contributed by atoms with Crippen LogP contribution in [-0.2, 0) is 28.7 Å². The van der Waals surface area contributed by atoms with Gasteiger partial charge in [-0.15, -0.1) is 22.7 Å². The summed E-state index contributed by atoms with van der Waals surface area (Å²) >= 11 is 2.76. The molecule has 8 atom stereocenters. The highest BCUT2D eigenvalue weighted by molar-refractivity contribution is 7.10. The highest BCUT2D eigenvalue weighted by atomic mass is 32.1. The number of nitrogens with zero attached hydrogens (tertiary/aromatic N) is 4. The minimum Gasteiger partial charge on any atom is -0.469 e. The van der Waals surface area contributed by atoms with Crippen LogP contribution in [0.1, 0.15) is 124 Å². The second-order valence-electron chi connectivity index (χ2n) is 16.2. The number of aromatic nitrogens is 2. The Hall–Kier alpha value is -3.43. The molecule has 3 fully saturated rings. The van der Waals surface area contributed by atoms with Crippen LogP contribution < -0.4 is 10.6 Å². The number of ether oxygens (including phenoxy) is 2. The highest BCUT2D eigenvalue weighted by Crippen LogP contribution is 2.56. The van der Waals surface area contributed by atoms with E-state index >= 15 is 0 Å². The zero-order valence-electron chi connectivity index (χ0n) is 33.2. The maximum Gasteiger partial charge on any atom is 0.308 e. The molecule has 0 aromatic carbocycles. The number of thiazole rings is 2. The fourth-order valence-corrected chi connectivity index (χ4v) is 9.94. The Kier molecular flexibility index (Phi) is 13.6. The number of aryl methyl sites for hydroxylation is 1. The smallest absolute Gasteiger partial charge is 0.308 e. The second-order valence-corrected chi connectivity index (χ2v) is 17.9. The van der Waals surface area contributed by atoms with E-state index < -0.39 is 35.5 Å². The van der Waals surface area contributed by atoms with Gasteiger partial charge in [-0.25, -0.2) is 9.97 Å². The number of likely N-dealkylation sites (tertiary alicyclic amines) is 1. The largest absolute Gasteiger partial charge is 0.469 e. The Balaban J connectivity index is 1.33. The van der Waals surface area contributed by atoms with Crippen molar-refractivity contribution in [2.24, 2.45) is 23.7 Å². The Morgan fingerprint density at radius 1 is 1.06 bits per heavy atom. The number of nitrogens with one attached hydrogen (secondary N) is 2. The van der Waals surface area contributed by atoms with Crippen molar-refractivity contribution in [2.45, 2.75) is 129 Å². The van der Waals surface area contributed by atoms with Crippen molar-refractivity contribution < 1.29 is 33.4 Å². The molecular formula is C39H58N6O7S2. The summed E-state index contributed by atoms with van der Waals surface area (Å²) < 4.78 is 10.8. The SMILES string of the molecule is COC(=O)[C@@H](C)CC1(NC(=O)c2csc([C@@H](C[C@H](C(C)C)N(C)C(=O)[C@@H](NC(=O)[C@H]3CCCCN3C)[C@@H](C)C3CC3)OC(C)=O)n2)CC1c1nc(C)cs1. The summed E-state index contributed by atoms with van der Waals surface area (Å²) in [5.41, 5.74) is 0.397. The zero-order chi connectivity index (χ0) is 39.5. The van der Waals surface area contributed by atoms with Gasteiger partial charge >= 0.3 is 11.9 Å². The van der Waals surface area contributed by atoms with Crippen molar-refractivity contribution in [3.8, 4) is 0 Å². The summed E-state index contributed by atoms with van der Waals surface area (Å²) in [6.07, 6.45) is 5.33.